The van der Waals surface area contributed by atoms with Gasteiger partial charge in [-0.25, -0.2) is 0 Å². The van der Waals surface area contributed by atoms with Crippen LogP contribution in [0, 0.1) is 0 Å². The molecule has 0 aliphatic heterocycles. The minimum atomic E-state index is -0.556. The number of benzene rings is 1. The number of rotatable bonds is 2. The summed E-state index contributed by atoms with van der Waals surface area (Å²) in [5.74, 6) is 0. The number of nitrogens with two attached hydrogens (primary N) is 1. The molecule has 0 spiro atoms. The van der Waals surface area contributed by atoms with E-state index in [1.54, 1.807) is 0 Å². The third-order valence-electron chi connectivity index (χ3n) is 2.52. The van der Waals surface area contributed by atoms with Crippen LogP contribution in [0.5, 0.6) is 0 Å². The van der Waals surface area contributed by atoms with E-state index in [4.69, 9.17) is 5.73 Å². The van der Waals surface area contributed by atoms with E-state index in [-0.39, 0.29) is 6.54 Å². The molecule has 0 amide bonds. The maximum absolute atomic E-state index is 9.56. The Morgan fingerprint density at radius 3 is 2.93 bits per heavy atom. The van der Waals surface area contributed by atoms with Crippen molar-refractivity contribution in [1.29, 1.82) is 0 Å². The number of fused-ring (bicyclic) bond motifs is 1. The average Bonchev–Trinajstić information content (AvgIpc) is 2.59. The highest BCUT2D eigenvalue weighted by atomic mass is 16.3. The summed E-state index contributed by atoms with van der Waals surface area (Å²) in [5.41, 5.74) is 7.44. The van der Waals surface area contributed by atoms with E-state index in [1.165, 1.54) is 0 Å². The van der Waals surface area contributed by atoms with Crippen LogP contribution in [-0.2, 0) is 7.05 Å². The molecule has 1 heterocycles. The van der Waals surface area contributed by atoms with Gasteiger partial charge in [0.2, 0.25) is 0 Å². The van der Waals surface area contributed by atoms with Crippen LogP contribution in [-0.4, -0.2) is 16.2 Å². The summed E-state index contributed by atoms with van der Waals surface area (Å²) in [6.45, 7) is 0.262. The van der Waals surface area contributed by atoms with Crippen molar-refractivity contribution in [3.8, 4) is 0 Å². The molecule has 1 atom stereocenters. The molecular weight excluding hydrogens is 176 g/mol. The first-order valence-corrected chi connectivity index (χ1v) is 4.65. The second-order valence-electron chi connectivity index (χ2n) is 3.50. The highest BCUT2D eigenvalue weighted by Crippen LogP contribution is 2.20. The summed E-state index contributed by atoms with van der Waals surface area (Å²) in [4.78, 5) is 0. The molecule has 1 aromatic carbocycles. The summed E-state index contributed by atoms with van der Waals surface area (Å²) in [5, 5.41) is 10.7. The Hall–Kier alpha value is -1.32. The van der Waals surface area contributed by atoms with E-state index in [0.29, 0.717) is 0 Å². The molecule has 0 bridgehead atoms. The minimum Gasteiger partial charge on any atom is -0.387 e. The van der Waals surface area contributed by atoms with Crippen LogP contribution in [0.2, 0.25) is 0 Å². The van der Waals surface area contributed by atoms with Crippen molar-refractivity contribution in [3.63, 3.8) is 0 Å². The standard InChI is InChI=1S/C11H14N2O/c1-13-5-4-8-6-9(11(14)7-12)2-3-10(8)13/h2-6,11,14H,7,12H2,1H3/t11-/m1/s1. The van der Waals surface area contributed by atoms with Gasteiger partial charge >= 0.3 is 0 Å². The lowest BCUT2D eigenvalue weighted by Crippen LogP contribution is -2.11. The largest absolute Gasteiger partial charge is 0.387 e. The maximum Gasteiger partial charge on any atom is 0.0912 e. The molecule has 2 aromatic rings. The van der Waals surface area contributed by atoms with Gasteiger partial charge in [0.1, 0.15) is 0 Å². The Kier molecular flexibility index (Phi) is 2.27. The lowest BCUT2D eigenvalue weighted by atomic mass is 10.1. The highest BCUT2D eigenvalue weighted by Gasteiger charge is 2.06. The molecule has 14 heavy (non-hydrogen) atoms. The van der Waals surface area contributed by atoms with Crippen molar-refractivity contribution in [2.45, 2.75) is 6.10 Å². The van der Waals surface area contributed by atoms with E-state index in [9.17, 15) is 5.11 Å². The monoisotopic (exact) mass is 190 g/mol. The van der Waals surface area contributed by atoms with Crippen molar-refractivity contribution in [1.82, 2.24) is 4.57 Å². The van der Waals surface area contributed by atoms with Crippen molar-refractivity contribution < 1.29 is 5.11 Å². The Morgan fingerprint density at radius 2 is 2.21 bits per heavy atom. The number of aliphatic hydroxyl groups excluding tert-OH is 1. The van der Waals surface area contributed by atoms with E-state index in [2.05, 4.69) is 0 Å². The third kappa shape index (κ3) is 1.41. The van der Waals surface area contributed by atoms with Crippen LogP contribution < -0.4 is 5.73 Å². The van der Waals surface area contributed by atoms with Crippen molar-refractivity contribution in [3.05, 3.63) is 36.0 Å². The zero-order chi connectivity index (χ0) is 10.1. The lowest BCUT2D eigenvalue weighted by molar-refractivity contribution is 0.187. The first-order valence-electron chi connectivity index (χ1n) is 4.65. The van der Waals surface area contributed by atoms with Gasteiger partial charge in [0, 0.05) is 25.3 Å². The third-order valence-corrected chi connectivity index (χ3v) is 2.52. The maximum atomic E-state index is 9.56. The smallest absolute Gasteiger partial charge is 0.0912 e. The Balaban J connectivity index is 2.52. The van der Waals surface area contributed by atoms with E-state index in [0.717, 1.165) is 16.5 Å². The summed E-state index contributed by atoms with van der Waals surface area (Å²) in [6.07, 6.45) is 1.45. The zero-order valence-corrected chi connectivity index (χ0v) is 8.14. The van der Waals surface area contributed by atoms with Gasteiger partial charge in [-0.05, 0) is 29.1 Å². The number of hydrogen-bond donors (Lipinski definition) is 2. The molecule has 1 aromatic heterocycles. The predicted octanol–water partition coefficient (Wildman–Crippen LogP) is 1.17. The molecule has 0 unspecified atom stereocenters. The quantitative estimate of drug-likeness (QED) is 0.747. The van der Waals surface area contributed by atoms with E-state index >= 15 is 0 Å². The van der Waals surface area contributed by atoms with Crippen molar-refractivity contribution in [2.75, 3.05) is 6.54 Å². The number of aliphatic hydroxyl groups is 1. The molecule has 3 nitrogen and oxygen atoms in total. The van der Waals surface area contributed by atoms with E-state index < -0.39 is 6.10 Å². The Bertz CT molecular complexity index is 447. The molecule has 0 aliphatic rings. The molecule has 74 valence electrons. The van der Waals surface area contributed by atoms with E-state index in [1.807, 2.05) is 42.1 Å². The van der Waals surface area contributed by atoms with Gasteiger partial charge in [0.05, 0.1) is 6.10 Å². The molecular formula is C11H14N2O. The van der Waals surface area contributed by atoms with Gasteiger partial charge < -0.3 is 15.4 Å². The van der Waals surface area contributed by atoms with Gasteiger partial charge in [-0.2, -0.15) is 0 Å². The molecule has 0 fully saturated rings. The highest BCUT2D eigenvalue weighted by molar-refractivity contribution is 5.80. The van der Waals surface area contributed by atoms with Crippen LogP contribution in [0.15, 0.2) is 30.5 Å². The predicted molar refractivity (Wildman–Crippen MR) is 56.9 cm³/mol. The zero-order valence-electron chi connectivity index (χ0n) is 8.14. The van der Waals surface area contributed by atoms with Crippen molar-refractivity contribution in [2.24, 2.45) is 12.8 Å². The van der Waals surface area contributed by atoms with Gasteiger partial charge in [0.15, 0.2) is 0 Å². The van der Waals surface area contributed by atoms with Crippen LogP contribution in [0.4, 0.5) is 0 Å². The summed E-state index contributed by atoms with van der Waals surface area (Å²) in [6, 6.07) is 7.93. The van der Waals surface area contributed by atoms with Crippen LogP contribution in [0.3, 0.4) is 0 Å². The SMILES string of the molecule is Cn1ccc2cc([C@H](O)CN)ccc21. The number of aromatic nitrogens is 1. The first-order chi connectivity index (χ1) is 6.72. The minimum absolute atomic E-state index is 0.262. The van der Waals surface area contributed by atoms with Gasteiger partial charge in [0.25, 0.3) is 0 Å². The molecule has 0 radical (unpaired) electrons. The fraction of sp³-hybridized carbons (Fsp3) is 0.273. The van der Waals surface area contributed by atoms with Gasteiger partial charge in [-0.15, -0.1) is 0 Å². The number of hydrogen-bond acceptors (Lipinski definition) is 2. The molecule has 3 N–H and O–H groups in total. The molecule has 0 saturated heterocycles. The summed E-state index contributed by atoms with van der Waals surface area (Å²) >= 11 is 0. The first kappa shape index (κ1) is 9.24. The average molecular weight is 190 g/mol. The Labute approximate surface area is 82.8 Å². The number of nitrogens with zero attached hydrogens (tertiary/aromatic N) is 1. The van der Waals surface area contributed by atoms with Crippen LogP contribution >= 0.6 is 0 Å². The second-order valence-corrected chi connectivity index (χ2v) is 3.50. The molecule has 0 aliphatic carbocycles. The lowest BCUT2D eigenvalue weighted by Gasteiger charge is -2.07. The number of aryl methyl sites for hydroxylation is 1. The fourth-order valence-corrected chi connectivity index (χ4v) is 1.64. The summed E-state index contributed by atoms with van der Waals surface area (Å²) < 4.78 is 2.05. The summed E-state index contributed by atoms with van der Waals surface area (Å²) in [7, 11) is 2.00. The molecule has 2 rings (SSSR count). The van der Waals surface area contributed by atoms with Gasteiger partial charge in [-0.3, -0.25) is 0 Å². The topological polar surface area (TPSA) is 51.2 Å². The molecule has 3 heteroatoms. The Morgan fingerprint density at radius 1 is 1.43 bits per heavy atom. The fourth-order valence-electron chi connectivity index (χ4n) is 1.64. The van der Waals surface area contributed by atoms with Crippen LogP contribution in [0.25, 0.3) is 10.9 Å². The van der Waals surface area contributed by atoms with Crippen molar-refractivity contribution >= 4 is 10.9 Å². The molecule has 0 saturated carbocycles. The second kappa shape index (κ2) is 3.44. The van der Waals surface area contributed by atoms with Crippen LogP contribution in [0.1, 0.15) is 11.7 Å². The van der Waals surface area contributed by atoms with Gasteiger partial charge in [-0.1, -0.05) is 6.07 Å². The normalized spacial score (nSPS) is 13.4.